The van der Waals surface area contributed by atoms with Crippen molar-refractivity contribution in [3.8, 4) is 0 Å². The highest BCUT2D eigenvalue weighted by Gasteiger charge is 2.45. The summed E-state index contributed by atoms with van der Waals surface area (Å²) in [6, 6.07) is 8.17. The second kappa shape index (κ2) is 4.88. The van der Waals surface area contributed by atoms with Crippen LogP contribution in [0.15, 0.2) is 24.3 Å². The molecular weight excluding hydrogens is 214 g/mol. The molecule has 0 radical (unpaired) electrons. The number of aryl methyl sites for hydroxylation is 1. The van der Waals surface area contributed by atoms with Gasteiger partial charge in [-0.1, -0.05) is 36.2 Å². The summed E-state index contributed by atoms with van der Waals surface area (Å²) in [5.41, 5.74) is 1.95. The normalized spacial score (nSPS) is 17.3. The molecule has 1 aliphatic carbocycles. The van der Waals surface area contributed by atoms with Crippen molar-refractivity contribution in [1.29, 1.82) is 0 Å². The van der Waals surface area contributed by atoms with Gasteiger partial charge < -0.3 is 10.4 Å². The zero-order valence-corrected chi connectivity index (χ0v) is 10.2. The lowest BCUT2D eigenvalue weighted by Crippen LogP contribution is -2.49. The Bertz CT molecular complexity index is 410. The van der Waals surface area contributed by atoms with Crippen LogP contribution in [0.2, 0.25) is 0 Å². The number of aliphatic hydroxyl groups is 1. The lowest BCUT2D eigenvalue weighted by molar-refractivity contribution is -0.130. The Balaban J connectivity index is 2.22. The maximum atomic E-state index is 12.2. The minimum atomic E-state index is -0.346. The molecule has 0 aromatic heterocycles. The molecule has 0 spiro atoms. The fourth-order valence-electron chi connectivity index (χ4n) is 2.46. The van der Waals surface area contributed by atoms with E-state index in [2.05, 4.69) is 11.4 Å². The number of carbonyl (C=O) groups is 1. The standard InChI is InChI=1S/C14H19NO2/c1-11-4-2-5-12(10-11)14(6-3-7-14)13(17)15-8-9-16/h2,4-5,10,16H,3,6-9H2,1H3,(H,15,17). The third-order valence-corrected chi connectivity index (χ3v) is 3.61. The molecular formula is C14H19NO2. The van der Waals surface area contributed by atoms with Crippen molar-refractivity contribution in [2.45, 2.75) is 31.6 Å². The largest absolute Gasteiger partial charge is 0.395 e. The number of amides is 1. The van der Waals surface area contributed by atoms with Gasteiger partial charge in [-0.05, 0) is 25.3 Å². The van der Waals surface area contributed by atoms with Gasteiger partial charge in [0.25, 0.3) is 0 Å². The lowest BCUT2D eigenvalue weighted by atomic mass is 9.63. The first-order chi connectivity index (χ1) is 8.19. The molecule has 1 fully saturated rings. The van der Waals surface area contributed by atoms with Gasteiger partial charge in [0.05, 0.1) is 12.0 Å². The minimum Gasteiger partial charge on any atom is -0.395 e. The number of carbonyl (C=O) groups excluding carboxylic acids is 1. The van der Waals surface area contributed by atoms with E-state index < -0.39 is 0 Å². The van der Waals surface area contributed by atoms with E-state index >= 15 is 0 Å². The van der Waals surface area contributed by atoms with Gasteiger partial charge in [0, 0.05) is 6.54 Å². The summed E-state index contributed by atoms with van der Waals surface area (Å²) in [6.45, 7) is 2.38. The zero-order valence-electron chi connectivity index (χ0n) is 10.2. The van der Waals surface area contributed by atoms with E-state index in [9.17, 15) is 4.79 Å². The number of hydrogen-bond donors (Lipinski definition) is 2. The molecule has 1 aromatic rings. The number of rotatable bonds is 4. The molecule has 1 amide bonds. The first kappa shape index (κ1) is 12.1. The summed E-state index contributed by atoms with van der Waals surface area (Å²) in [6.07, 6.45) is 2.92. The monoisotopic (exact) mass is 233 g/mol. The average Bonchev–Trinajstić information content (AvgIpc) is 2.25. The molecule has 3 nitrogen and oxygen atoms in total. The summed E-state index contributed by atoms with van der Waals surface area (Å²) in [5, 5.41) is 11.6. The van der Waals surface area contributed by atoms with Gasteiger partial charge >= 0.3 is 0 Å². The van der Waals surface area contributed by atoms with Gasteiger partial charge in [-0.25, -0.2) is 0 Å². The first-order valence-corrected chi connectivity index (χ1v) is 6.15. The Morgan fingerprint density at radius 1 is 1.47 bits per heavy atom. The highest BCUT2D eigenvalue weighted by Crippen LogP contribution is 2.44. The van der Waals surface area contributed by atoms with Gasteiger partial charge in [0.1, 0.15) is 0 Å². The molecule has 17 heavy (non-hydrogen) atoms. The Morgan fingerprint density at radius 2 is 2.24 bits per heavy atom. The van der Waals surface area contributed by atoms with Crippen molar-refractivity contribution < 1.29 is 9.90 Å². The summed E-state index contributed by atoms with van der Waals surface area (Å²) in [4.78, 5) is 12.2. The highest BCUT2D eigenvalue weighted by atomic mass is 16.3. The van der Waals surface area contributed by atoms with E-state index in [1.165, 1.54) is 5.56 Å². The Labute approximate surface area is 102 Å². The summed E-state index contributed by atoms with van der Waals surface area (Å²) in [7, 11) is 0. The van der Waals surface area contributed by atoms with E-state index in [0.717, 1.165) is 24.8 Å². The number of hydrogen-bond acceptors (Lipinski definition) is 2. The van der Waals surface area contributed by atoms with E-state index in [4.69, 9.17) is 5.11 Å². The quantitative estimate of drug-likeness (QED) is 0.828. The van der Waals surface area contributed by atoms with Crippen LogP contribution >= 0.6 is 0 Å². The molecule has 92 valence electrons. The van der Waals surface area contributed by atoms with Crippen LogP contribution in [0.1, 0.15) is 30.4 Å². The molecule has 0 aliphatic heterocycles. The summed E-state index contributed by atoms with van der Waals surface area (Å²) < 4.78 is 0. The maximum Gasteiger partial charge on any atom is 0.230 e. The van der Waals surface area contributed by atoms with Crippen molar-refractivity contribution in [2.75, 3.05) is 13.2 Å². The Kier molecular flexibility index (Phi) is 3.48. The van der Waals surface area contributed by atoms with E-state index in [-0.39, 0.29) is 17.9 Å². The van der Waals surface area contributed by atoms with Crippen LogP contribution in [0.5, 0.6) is 0 Å². The fraction of sp³-hybridized carbons (Fsp3) is 0.500. The predicted molar refractivity (Wildman–Crippen MR) is 66.8 cm³/mol. The minimum absolute atomic E-state index is 0.00433. The van der Waals surface area contributed by atoms with Gasteiger partial charge in [0.2, 0.25) is 5.91 Å². The van der Waals surface area contributed by atoms with Gasteiger partial charge in [-0.3, -0.25) is 4.79 Å². The van der Waals surface area contributed by atoms with E-state index in [0.29, 0.717) is 6.54 Å². The molecule has 0 heterocycles. The molecule has 0 bridgehead atoms. The van der Waals surface area contributed by atoms with Crippen molar-refractivity contribution in [1.82, 2.24) is 5.32 Å². The molecule has 2 N–H and O–H groups in total. The summed E-state index contributed by atoms with van der Waals surface area (Å²) >= 11 is 0. The van der Waals surface area contributed by atoms with Gasteiger partial charge in [-0.2, -0.15) is 0 Å². The van der Waals surface area contributed by atoms with Crippen molar-refractivity contribution in [2.24, 2.45) is 0 Å². The highest BCUT2D eigenvalue weighted by molar-refractivity contribution is 5.89. The summed E-state index contributed by atoms with van der Waals surface area (Å²) in [5.74, 6) is 0.0587. The maximum absolute atomic E-state index is 12.2. The second-order valence-corrected chi connectivity index (χ2v) is 4.78. The number of nitrogens with one attached hydrogen (secondary N) is 1. The van der Waals surface area contributed by atoms with Crippen LogP contribution in [-0.4, -0.2) is 24.2 Å². The van der Waals surface area contributed by atoms with E-state index in [1.54, 1.807) is 0 Å². The third kappa shape index (κ3) is 2.20. The Morgan fingerprint density at radius 3 is 2.76 bits per heavy atom. The Hall–Kier alpha value is -1.35. The number of aliphatic hydroxyl groups excluding tert-OH is 1. The van der Waals surface area contributed by atoms with Crippen molar-refractivity contribution in [3.05, 3.63) is 35.4 Å². The smallest absolute Gasteiger partial charge is 0.230 e. The lowest BCUT2D eigenvalue weighted by Gasteiger charge is -2.40. The SMILES string of the molecule is Cc1cccc(C2(C(=O)NCCO)CCC2)c1. The number of benzene rings is 1. The van der Waals surface area contributed by atoms with Crippen molar-refractivity contribution >= 4 is 5.91 Å². The predicted octanol–water partition coefficient (Wildman–Crippen LogP) is 1.53. The van der Waals surface area contributed by atoms with E-state index in [1.807, 2.05) is 25.1 Å². The first-order valence-electron chi connectivity index (χ1n) is 6.15. The van der Waals surface area contributed by atoms with Gasteiger partial charge in [0.15, 0.2) is 0 Å². The molecule has 1 saturated carbocycles. The van der Waals surface area contributed by atoms with Crippen LogP contribution in [-0.2, 0) is 10.2 Å². The molecule has 0 unspecified atom stereocenters. The van der Waals surface area contributed by atoms with Crippen LogP contribution in [0.25, 0.3) is 0 Å². The van der Waals surface area contributed by atoms with Crippen LogP contribution in [0.4, 0.5) is 0 Å². The molecule has 1 aromatic carbocycles. The molecule has 2 rings (SSSR count). The zero-order chi connectivity index (χ0) is 12.3. The fourth-order valence-corrected chi connectivity index (χ4v) is 2.46. The van der Waals surface area contributed by atoms with Crippen LogP contribution in [0, 0.1) is 6.92 Å². The molecule has 0 atom stereocenters. The average molecular weight is 233 g/mol. The third-order valence-electron chi connectivity index (χ3n) is 3.61. The van der Waals surface area contributed by atoms with Gasteiger partial charge in [-0.15, -0.1) is 0 Å². The van der Waals surface area contributed by atoms with Crippen LogP contribution < -0.4 is 5.32 Å². The molecule has 3 heteroatoms. The molecule has 0 saturated heterocycles. The van der Waals surface area contributed by atoms with Crippen LogP contribution in [0.3, 0.4) is 0 Å². The second-order valence-electron chi connectivity index (χ2n) is 4.78. The molecule has 1 aliphatic rings. The van der Waals surface area contributed by atoms with Crippen molar-refractivity contribution in [3.63, 3.8) is 0 Å². The topological polar surface area (TPSA) is 49.3 Å².